The lowest BCUT2D eigenvalue weighted by Crippen LogP contribution is -2.46. The lowest BCUT2D eigenvalue weighted by Gasteiger charge is -2.28. The first kappa shape index (κ1) is 19.3. The van der Waals surface area contributed by atoms with Gasteiger partial charge in [-0.05, 0) is 57.2 Å². The van der Waals surface area contributed by atoms with Crippen LogP contribution in [0.5, 0.6) is 0 Å². The van der Waals surface area contributed by atoms with Gasteiger partial charge in [0, 0.05) is 4.90 Å². The molecule has 0 fully saturated rings. The first-order valence-corrected chi connectivity index (χ1v) is 7.50. The van der Waals surface area contributed by atoms with Gasteiger partial charge >= 0.3 is 11.6 Å². The maximum atomic E-state index is 12.3. The second kappa shape index (κ2) is 6.82. The molecular weight excluding hydrogens is 331 g/mol. The fourth-order valence-corrected chi connectivity index (χ4v) is 2.23. The van der Waals surface area contributed by atoms with Crippen molar-refractivity contribution in [2.24, 2.45) is 0 Å². The molecule has 8 heteroatoms. The zero-order chi connectivity index (χ0) is 17.9. The molecule has 1 N–H and O–H groups in total. The van der Waals surface area contributed by atoms with Gasteiger partial charge in [-0.15, -0.1) is 0 Å². The highest BCUT2D eigenvalue weighted by molar-refractivity contribution is 8.00. The molecule has 23 heavy (non-hydrogen) atoms. The Kier molecular flexibility index (Phi) is 5.74. The highest BCUT2D eigenvalue weighted by Crippen LogP contribution is 2.37. The van der Waals surface area contributed by atoms with Gasteiger partial charge in [0.2, 0.25) is 0 Å². The normalized spacial score (nSPS) is 14.7. The van der Waals surface area contributed by atoms with Crippen LogP contribution in [0.15, 0.2) is 29.2 Å². The fraction of sp³-hybridized carbons (Fsp3) is 0.467. The molecule has 0 spiro atoms. The molecule has 1 unspecified atom stereocenters. The number of benzene rings is 1. The lowest BCUT2D eigenvalue weighted by atomic mass is 9.94. The van der Waals surface area contributed by atoms with Crippen molar-refractivity contribution < 1.29 is 27.5 Å². The number of alkyl carbamates (subject to hydrolysis) is 1. The van der Waals surface area contributed by atoms with Crippen molar-refractivity contribution in [3.63, 3.8) is 0 Å². The minimum atomic E-state index is -4.38. The summed E-state index contributed by atoms with van der Waals surface area (Å²) >= 11 is -0.251. The molecular formula is C15H18F3NO3S. The highest BCUT2D eigenvalue weighted by atomic mass is 32.2. The number of ether oxygens (including phenoxy) is 1. The molecule has 0 aliphatic rings. The number of carbonyl (C=O) groups excluding carboxylic acids is 2. The zero-order valence-electron chi connectivity index (χ0n) is 13.2. The van der Waals surface area contributed by atoms with Crippen molar-refractivity contribution in [1.82, 2.24) is 5.32 Å². The van der Waals surface area contributed by atoms with Gasteiger partial charge in [0.1, 0.15) is 17.4 Å². The number of halogens is 3. The van der Waals surface area contributed by atoms with E-state index < -0.39 is 22.7 Å². The highest BCUT2D eigenvalue weighted by Gasteiger charge is 2.32. The summed E-state index contributed by atoms with van der Waals surface area (Å²) in [6.07, 6.45) is -0.288. The summed E-state index contributed by atoms with van der Waals surface area (Å²) in [6.45, 7) is 6.46. The Hall–Kier alpha value is -1.70. The number of nitrogens with one attached hydrogen (secondary N) is 1. The first-order chi connectivity index (χ1) is 10.3. The van der Waals surface area contributed by atoms with Gasteiger partial charge in [-0.1, -0.05) is 12.1 Å². The molecule has 0 aliphatic carbocycles. The predicted octanol–water partition coefficient (Wildman–Crippen LogP) is 4.24. The average molecular weight is 349 g/mol. The first-order valence-electron chi connectivity index (χ1n) is 6.68. The predicted molar refractivity (Wildman–Crippen MR) is 81.1 cm³/mol. The molecule has 1 aromatic carbocycles. The van der Waals surface area contributed by atoms with E-state index in [2.05, 4.69) is 5.32 Å². The summed E-state index contributed by atoms with van der Waals surface area (Å²) in [6, 6.07) is 5.21. The average Bonchev–Trinajstić information content (AvgIpc) is 2.35. The van der Waals surface area contributed by atoms with Gasteiger partial charge in [-0.25, -0.2) is 4.79 Å². The molecule has 0 radical (unpaired) electrons. The lowest BCUT2D eigenvalue weighted by molar-refractivity contribution is -0.113. The van der Waals surface area contributed by atoms with Gasteiger partial charge in [0.25, 0.3) is 0 Å². The largest absolute Gasteiger partial charge is 0.446 e. The number of alkyl halides is 3. The summed E-state index contributed by atoms with van der Waals surface area (Å²) in [5.74, 6) is 0. The molecule has 0 saturated carbocycles. The van der Waals surface area contributed by atoms with E-state index in [4.69, 9.17) is 4.74 Å². The molecule has 0 aliphatic heterocycles. The number of rotatable bonds is 4. The number of thioether (sulfide) groups is 1. The van der Waals surface area contributed by atoms with Gasteiger partial charge in [-0.3, -0.25) is 0 Å². The summed E-state index contributed by atoms with van der Waals surface area (Å²) in [4.78, 5) is 23.2. The van der Waals surface area contributed by atoms with Crippen LogP contribution in [-0.4, -0.2) is 23.5 Å². The van der Waals surface area contributed by atoms with Crippen molar-refractivity contribution in [3.05, 3.63) is 29.8 Å². The van der Waals surface area contributed by atoms with E-state index in [0.717, 1.165) is 0 Å². The van der Waals surface area contributed by atoms with Crippen LogP contribution in [0.25, 0.3) is 0 Å². The Morgan fingerprint density at radius 1 is 1.13 bits per heavy atom. The Morgan fingerprint density at radius 2 is 1.65 bits per heavy atom. The van der Waals surface area contributed by atoms with Crippen molar-refractivity contribution in [3.8, 4) is 0 Å². The van der Waals surface area contributed by atoms with E-state index in [0.29, 0.717) is 11.8 Å². The molecule has 1 rings (SSSR count). The van der Waals surface area contributed by atoms with Crippen LogP contribution >= 0.6 is 11.8 Å². The summed E-state index contributed by atoms with van der Waals surface area (Å²) in [5, 5.41) is 2.43. The smallest absolute Gasteiger partial charge is 0.444 e. The minimum Gasteiger partial charge on any atom is -0.444 e. The molecule has 0 saturated heterocycles. The Bertz CT molecular complexity index is 567. The van der Waals surface area contributed by atoms with Gasteiger partial charge < -0.3 is 14.8 Å². The van der Waals surface area contributed by atoms with E-state index >= 15 is 0 Å². The Balaban J connectivity index is 2.91. The molecule has 0 bridgehead atoms. The maximum Gasteiger partial charge on any atom is 0.446 e. The second-order valence-electron chi connectivity index (χ2n) is 6.02. The molecule has 0 heterocycles. The van der Waals surface area contributed by atoms with Gasteiger partial charge in [0.05, 0.1) is 0 Å². The quantitative estimate of drug-likeness (QED) is 0.653. The Morgan fingerprint density at radius 3 is 2.04 bits per heavy atom. The molecule has 4 nitrogen and oxygen atoms in total. The van der Waals surface area contributed by atoms with E-state index in [9.17, 15) is 22.8 Å². The van der Waals surface area contributed by atoms with Gasteiger partial charge in [0.15, 0.2) is 0 Å². The number of hydrogen-bond donors (Lipinski definition) is 1. The van der Waals surface area contributed by atoms with Crippen LogP contribution in [-0.2, 0) is 15.1 Å². The third-order valence-corrected chi connectivity index (χ3v) is 3.42. The maximum absolute atomic E-state index is 12.3. The van der Waals surface area contributed by atoms with Crippen LogP contribution in [0, 0.1) is 0 Å². The van der Waals surface area contributed by atoms with Crippen LogP contribution in [0.4, 0.5) is 18.0 Å². The molecule has 1 amide bonds. The monoisotopic (exact) mass is 349 g/mol. The van der Waals surface area contributed by atoms with E-state index in [1.165, 1.54) is 31.2 Å². The van der Waals surface area contributed by atoms with Crippen molar-refractivity contribution in [2.45, 2.75) is 49.2 Å². The zero-order valence-corrected chi connectivity index (χ0v) is 14.0. The minimum absolute atomic E-state index is 0.00762. The number of hydrogen-bond acceptors (Lipinski definition) is 4. The topological polar surface area (TPSA) is 55.4 Å². The third-order valence-electron chi connectivity index (χ3n) is 2.68. The van der Waals surface area contributed by atoms with E-state index in [1.807, 2.05) is 0 Å². The Labute approximate surface area is 136 Å². The van der Waals surface area contributed by atoms with Crippen LogP contribution in [0.2, 0.25) is 0 Å². The summed E-state index contributed by atoms with van der Waals surface area (Å²) < 4.78 is 42.0. The molecule has 1 atom stereocenters. The standard InChI is InChI=1S/C15H18F3NO3S/c1-13(2,3)22-12(21)19-14(4,9-20)10-5-7-11(8-6-10)23-15(16,17)18/h5-9H,1-4H3,(H,19,21). The van der Waals surface area contributed by atoms with Crippen molar-refractivity contribution in [1.29, 1.82) is 0 Å². The van der Waals surface area contributed by atoms with Crippen LogP contribution in [0.1, 0.15) is 33.3 Å². The van der Waals surface area contributed by atoms with E-state index in [1.54, 1.807) is 20.8 Å². The number of amides is 1. The van der Waals surface area contributed by atoms with Crippen molar-refractivity contribution >= 4 is 24.1 Å². The van der Waals surface area contributed by atoms with E-state index in [-0.39, 0.29) is 16.7 Å². The number of carbonyl (C=O) groups is 2. The molecule has 0 aromatic heterocycles. The van der Waals surface area contributed by atoms with Crippen LogP contribution in [0.3, 0.4) is 0 Å². The summed E-state index contributed by atoms with van der Waals surface area (Å²) in [7, 11) is 0. The van der Waals surface area contributed by atoms with Crippen LogP contribution < -0.4 is 5.32 Å². The van der Waals surface area contributed by atoms with Crippen molar-refractivity contribution in [2.75, 3.05) is 0 Å². The van der Waals surface area contributed by atoms with Gasteiger partial charge in [-0.2, -0.15) is 13.2 Å². The second-order valence-corrected chi connectivity index (χ2v) is 7.16. The molecule has 1 aromatic rings. The molecule has 128 valence electrons. The SMILES string of the molecule is CC(C)(C)OC(=O)NC(C)(C=O)c1ccc(SC(F)(F)F)cc1. The third kappa shape index (κ3) is 6.52. The summed E-state index contributed by atoms with van der Waals surface area (Å²) in [5.41, 5.74) is -6.17. The number of aldehydes is 1. The fourth-order valence-electron chi connectivity index (χ4n) is 1.69.